The molecule has 0 aliphatic carbocycles. The van der Waals surface area contributed by atoms with Crippen LogP contribution in [0.15, 0.2) is 24.3 Å². The maximum atomic E-state index is 6.00. The lowest BCUT2D eigenvalue weighted by atomic mass is 10.3. The Labute approximate surface area is 141 Å². The van der Waals surface area contributed by atoms with E-state index in [1.807, 2.05) is 29.2 Å². The van der Waals surface area contributed by atoms with Crippen LogP contribution >= 0.6 is 34.2 Å². The van der Waals surface area contributed by atoms with Crippen molar-refractivity contribution in [2.45, 2.75) is 0 Å². The van der Waals surface area contributed by atoms with E-state index in [9.17, 15) is 0 Å². The molecule has 1 aliphatic rings. The van der Waals surface area contributed by atoms with Gasteiger partial charge in [0.15, 0.2) is 0 Å². The number of benzene rings is 1. The van der Waals surface area contributed by atoms with Crippen molar-refractivity contribution >= 4 is 51.8 Å². The van der Waals surface area contributed by atoms with Gasteiger partial charge in [-0.05, 0) is 58.5 Å². The summed E-state index contributed by atoms with van der Waals surface area (Å²) in [5.41, 5.74) is 0.908. The Morgan fingerprint density at radius 1 is 1.10 bits per heavy atom. The fraction of sp³-hybridized carbons (Fsp3) is 0.308. The molecule has 0 spiro atoms. The van der Waals surface area contributed by atoms with Crippen LogP contribution in [0, 0.1) is 3.57 Å². The third-order valence-electron chi connectivity index (χ3n) is 2.99. The molecular formula is C13H13ClIN5O. The van der Waals surface area contributed by atoms with E-state index in [4.69, 9.17) is 16.3 Å². The molecule has 1 aromatic carbocycles. The summed E-state index contributed by atoms with van der Waals surface area (Å²) in [4.78, 5) is 14.8. The summed E-state index contributed by atoms with van der Waals surface area (Å²) in [6.07, 6.45) is 0. The van der Waals surface area contributed by atoms with Gasteiger partial charge in [-0.15, -0.1) is 0 Å². The van der Waals surface area contributed by atoms with Gasteiger partial charge in [0, 0.05) is 22.3 Å². The van der Waals surface area contributed by atoms with Crippen molar-refractivity contribution in [2.24, 2.45) is 0 Å². The van der Waals surface area contributed by atoms with Gasteiger partial charge in [0.1, 0.15) is 0 Å². The molecule has 6 nitrogen and oxygen atoms in total. The zero-order valence-corrected chi connectivity index (χ0v) is 14.0. The third kappa shape index (κ3) is 3.92. The van der Waals surface area contributed by atoms with Crippen LogP contribution in [0.3, 0.4) is 0 Å². The first-order chi connectivity index (χ1) is 10.2. The molecule has 0 atom stereocenters. The molecule has 0 bridgehead atoms. The number of halogens is 2. The highest BCUT2D eigenvalue weighted by Gasteiger charge is 2.16. The average molecular weight is 418 g/mol. The van der Waals surface area contributed by atoms with Crippen molar-refractivity contribution in [3.8, 4) is 0 Å². The van der Waals surface area contributed by atoms with Gasteiger partial charge in [-0.2, -0.15) is 15.0 Å². The van der Waals surface area contributed by atoms with E-state index < -0.39 is 0 Å². The number of hydrogen-bond acceptors (Lipinski definition) is 6. The fourth-order valence-electron chi connectivity index (χ4n) is 1.96. The van der Waals surface area contributed by atoms with Crippen molar-refractivity contribution in [1.29, 1.82) is 0 Å². The van der Waals surface area contributed by atoms with Gasteiger partial charge in [-0.25, -0.2) is 0 Å². The molecule has 0 amide bonds. The molecule has 0 radical (unpaired) electrons. The van der Waals surface area contributed by atoms with Crippen LogP contribution in [0.4, 0.5) is 17.6 Å². The number of rotatable bonds is 3. The van der Waals surface area contributed by atoms with Crippen LogP contribution in [0.1, 0.15) is 0 Å². The summed E-state index contributed by atoms with van der Waals surface area (Å²) >= 11 is 8.26. The Morgan fingerprint density at radius 2 is 1.81 bits per heavy atom. The normalized spacial score (nSPS) is 15.0. The second kappa shape index (κ2) is 6.71. The summed E-state index contributed by atoms with van der Waals surface area (Å²) in [6.45, 7) is 2.85. The van der Waals surface area contributed by atoms with Crippen LogP contribution in [-0.4, -0.2) is 41.3 Å². The van der Waals surface area contributed by atoms with Gasteiger partial charge in [-0.1, -0.05) is 0 Å². The first-order valence-electron chi connectivity index (χ1n) is 6.47. The largest absolute Gasteiger partial charge is 0.378 e. The summed E-state index contributed by atoms with van der Waals surface area (Å²) < 4.78 is 6.49. The highest BCUT2D eigenvalue weighted by molar-refractivity contribution is 14.1. The van der Waals surface area contributed by atoms with Gasteiger partial charge in [0.2, 0.25) is 17.2 Å². The second-order valence-electron chi connectivity index (χ2n) is 4.46. The zero-order valence-electron chi connectivity index (χ0n) is 11.1. The smallest absolute Gasteiger partial charge is 0.233 e. The molecule has 1 aliphatic heterocycles. The SMILES string of the molecule is Clc1nc(Nc2ccc(I)cc2)nc(N2CCOCC2)n1. The van der Waals surface area contributed by atoms with Crippen LogP contribution in [0.25, 0.3) is 0 Å². The van der Waals surface area contributed by atoms with E-state index >= 15 is 0 Å². The Morgan fingerprint density at radius 3 is 2.52 bits per heavy atom. The van der Waals surface area contributed by atoms with Gasteiger partial charge in [0.25, 0.3) is 0 Å². The van der Waals surface area contributed by atoms with Crippen molar-refractivity contribution in [1.82, 2.24) is 15.0 Å². The maximum absolute atomic E-state index is 6.00. The number of aromatic nitrogens is 3. The average Bonchev–Trinajstić information content (AvgIpc) is 2.50. The molecule has 2 heterocycles. The van der Waals surface area contributed by atoms with E-state index in [1.165, 1.54) is 3.57 Å². The summed E-state index contributed by atoms with van der Waals surface area (Å²) in [7, 11) is 0. The van der Waals surface area contributed by atoms with Gasteiger partial charge >= 0.3 is 0 Å². The van der Waals surface area contributed by atoms with Crippen LogP contribution in [0.5, 0.6) is 0 Å². The minimum absolute atomic E-state index is 0.180. The monoisotopic (exact) mass is 417 g/mol. The molecule has 1 fully saturated rings. The predicted octanol–water partition coefficient (Wildman–Crippen LogP) is 2.71. The number of anilines is 3. The quantitative estimate of drug-likeness (QED) is 0.775. The molecule has 1 aromatic heterocycles. The van der Waals surface area contributed by atoms with E-state index in [2.05, 4.69) is 42.9 Å². The number of morpholine rings is 1. The number of ether oxygens (including phenoxy) is 1. The van der Waals surface area contributed by atoms with Crippen LogP contribution in [0.2, 0.25) is 5.28 Å². The summed E-state index contributed by atoms with van der Waals surface area (Å²) in [5.74, 6) is 1.02. The third-order valence-corrected chi connectivity index (χ3v) is 3.88. The van der Waals surface area contributed by atoms with Crippen molar-refractivity contribution in [2.75, 3.05) is 36.5 Å². The highest BCUT2D eigenvalue weighted by atomic mass is 127. The lowest BCUT2D eigenvalue weighted by Crippen LogP contribution is -2.37. The Kier molecular flexibility index (Phi) is 4.71. The molecule has 1 saturated heterocycles. The second-order valence-corrected chi connectivity index (χ2v) is 6.04. The molecule has 0 unspecified atom stereocenters. The first kappa shape index (κ1) is 14.7. The summed E-state index contributed by atoms with van der Waals surface area (Å²) in [5, 5.41) is 3.32. The van der Waals surface area contributed by atoms with E-state index in [0.717, 1.165) is 18.8 Å². The van der Waals surface area contributed by atoms with E-state index in [1.54, 1.807) is 0 Å². The van der Waals surface area contributed by atoms with Gasteiger partial charge in [-0.3, -0.25) is 0 Å². The lowest BCUT2D eigenvalue weighted by Gasteiger charge is -2.26. The Hall–Kier alpha value is -1.19. The van der Waals surface area contributed by atoms with Crippen molar-refractivity contribution in [3.05, 3.63) is 33.1 Å². The predicted molar refractivity (Wildman–Crippen MR) is 90.3 cm³/mol. The lowest BCUT2D eigenvalue weighted by molar-refractivity contribution is 0.122. The molecule has 110 valence electrons. The van der Waals surface area contributed by atoms with E-state index in [0.29, 0.717) is 25.1 Å². The van der Waals surface area contributed by atoms with Crippen LogP contribution in [-0.2, 0) is 4.74 Å². The Balaban J connectivity index is 1.81. The topological polar surface area (TPSA) is 63.2 Å². The minimum Gasteiger partial charge on any atom is -0.378 e. The van der Waals surface area contributed by atoms with Crippen molar-refractivity contribution in [3.63, 3.8) is 0 Å². The number of hydrogen-bond donors (Lipinski definition) is 1. The molecule has 8 heteroatoms. The molecule has 0 saturated carbocycles. The summed E-state index contributed by atoms with van der Waals surface area (Å²) in [6, 6.07) is 7.95. The van der Waals surface area contributed by atoms with Crippen LogP contribution < -0.4 is 10.2 Å². The first-order valence-corrected chi connectivity index (χ1v) is 7.93. The zero-order chi connectivity index (χ0) is 14.7. The minimum atomic E-state index is 0.180. The number of nitrogens with zero attached hydrogens (tertiary/aromatic N) is 4. The maximum Gasteiger partial charge on any atom is 0.233 e. The van der Waals surface area contributed by atoms with Crippen molar-refractivity contribution < 1.29 is 4.74 Å². The number of nitrogens with one attached hydrogen (secondary N) is 1. The van der Waals surface area contributed by atoms with Gasteiger partial charge < -0.3 is 15.0 Å². The fourth-order valence-corrected chi connectivity index (χ4v) is 2.48. The Bertz CT molecular complexity index is 618. The molecule has 1 N–H and O–H groups in total. The van der Waals surface area contributed by atoms with Gasteiger partial charge in [0.05, 0.1) is 13.2 Å². The highest BCUT2D eigenvalue weighted by Crippen LogP contribution is 2.19. The molecule has 2 aromatic rings. The molecule has 3 rings (SSSR count). The standard InChI is InChI=1S/C13H13ClIN5O/c14-11-17-12(16-10-3-1-9(15)2-4-10)19-13(18-11)20-5-7-21-8-6-20/h1-4H,5-8H2,(H,16,17,18,19). The van der Waals surface area contributed by atoms with E-state index in [-0.39, 0.29) is 5.28 Å². The molecular weight excluding hydrogens is 405 g/mol. The molecule has 21 heavy (non-hydrogen) atoms.